The molecule has 2 aromatic heterocycles. The molecule has 1 aromatic carbocycles. The molecule has 0 bridgehead atoms. The van der Waals surface area contributed by atoms with Gasteiger partial charge in [-0.25, -0.2) is 9.97 Å². The Morgan fingerprint density at radius 1 is 1.30 bits per heavy atom. The highest BCUT2D eigenvalue weighted by Crippen LogP contribution is 2.22. The van der Waals surface area contributed by atoms with Gasteiger partial charge >= 0.3 is 0 Å². The van der Waals surface area contributed by atoms with E-state index in [-0.39, 0.29) is 11.9 Å². The number of aromatic nitrogens is 2. The summed E-state index contributed by atoms with van der Waals surface area (Å²) in [6.45, 7) is 3.95. The number of para-hydroxylation sites is 1. The van der Waals surface area contributed by atoms with E-state index in [0.717, 1.165) is 34.1 Å². The lowest BCUT2D eigenvalue weighted by atomic mass is 10.2. The number of nitrogens with one attached hydrogen (secondary N) is 1. The summed E-state index contributed by atoms with van der Waals surface area (Å²) in [6.07, 6.45) is 2.18. The summed E-state index contributed by atoms with van der Waals surface area (Å²) in [5.74, 6) is 0.0734. The number of aryl methyl sites for hydroxylation is 2. The Balaban J connectivity index is 1.47. The van der Waals surface area contributed by atoms with Crippen molar-refractivity contribution in [3.8, 4) is 0 Å². The van der Waals surface area contributed by atoms with E-state index in [1.54, 1.807) is 22.7 Å². The van der Waals surface area contributed by atoms with E-state index in [0.29, 0.717) is 6.42 Å². The summed E-state index contributed by atoms with van der Waals surface area (Å²) in [6, 6.07) is 8.11. The highest BCUT2D eigenvalue weighted by molar-refractivity contribution is 7.18. The SMILES string of the molecule is Cc1nc([C@H](C)NC(=O)CCCc2nc3ccccc3s2)cs1. The number of nitrogens with zero attached hydrogens (tertiary/aromatic N) is 2. The second-order valence-corrected chi connectivity index (χ2v) is 7.69. The van der Waals surface area contributed by atoms with Crippen LogP contribution in [0.25, 0.3) is 10.2 Å². The van der Waals surface area contributed by atoms with E-state index in [1.807, 2.05) is 37.4 Å². The standard InChI is InChI=1S/C17H19N3OS2/c1-11(14-10-22-12(2)19-14)18-16(21)8-5-9-17-20-13-6-3-4-7-15(13)23-17/h3-4,6-7,10-11H,5,8-9H2,1-2H3,(H,18,21)/t11-/m0/s1. The Hall–Kier alpha value is -1.79. The first kappa shape index (κ1) is 16.1. The van der Waals surface area contributed by atoms with Gasteiger partial charge in [0, 0.05) is 11.8 Å². The van der Waals surface area contributed by atoms with Crippen LogP contribution in [0.2, 0.25) is 0 Å². The molecular weight excluding hydrogens is 326 g/mol. The summed E-state index contributed by atoms with van der Waals surface area (Å²) in [5, 5.41) is 7.14. The van der Waals surface area contributed by atoms with E-state index < -0.39 is 0 Å². The zero-order valence-electron chi connectivity index (χ0n) is 13.2. The molecule has 0 unspecified atom stereocenters. The van der Waals surface area contributed by atoms with E-state index in [9.17, 15) is 4.79 Å². The Kier molecular flexibility index (Phi) is 5.03. The predicted molar refractivity (Wildman–Crippen MR) is 96.0 cm³/mol. The van der Waals surface area contributed by atoms with Crippen LogP contribution < -0.4 is 5.32 Å². The fourth-order valence-electron chi connectivity index (χ4n) is 2.39. The van der Waals surface area contributed by atoms with Crippen LogP contribution in [0.4, 0.5) is 0 Å². The van der Waals surface area contributed by atoms with Crippen molar-refractivity contribution in [2.24, 2.45) is 0 Å². The number of hydrogen-bond donors (Lipinski definition) is 1. The Morgan fingerprint density at radius 3 is 2.87 bits per heavy atom. The lowest BCUT2D eigenvalue weighted by molar-refractivity contribution is -0.121. The number of hydrogen-bond acceptors (Lipinski definition) is 5. The number of amides is 1. The van der Waals surface area contributed by atoms with Crippen LogP contribution in [0.15, 0.2) is 29.6 Å². The van der Waals surface area contributed by atoms with Gasteiger partial charge in [0.15, 0.2) is 0 Å². The Bertz CT molecular complexity index is 776. The molecule has 4 nitrogen and oxygen atoms in total. The van der Waals surface area contributed by atoms with Gasteiger partial charge in [-0.3, -0.25) is 4.79 Å². The summed E-state index contributed by atoms with van der Waals surface area (Å²) < 4.78 is 1.21. The second kappa shape index (κ2) is 7.19. The highest BCUT2D eigenvalue weighted by atomic mass is 32.1. The van der Waals surface area contributed by atoms with Gasteiger partial charge in [-0.15, -0.1) is 22.7 Å². The minimum Gasteiger partial charge on any atom is -0.348 e. The molecule has 0 fully saturated rings. The van der Waals surface area contributed by atoms with Crippen LogP contribution in [0.5, 0.6) is 0 Å². The monoisotopic (exact) mass is 345 g/mol. The van der Waals surface area contributed by atoms with Crippen molar-refractivity contribution in [1.29, 1.82) is 0 Å². The van der Waals surface area contributed by atoms with Gasteiger partial charge in [-0.1, -0.05) is 12.1 Å². The maximum Gasteiger partial charge on any atom is 0.220 e. The lowest BCUT2D eigenvalue weighted by Crippen LogP contribution is -2.26. The van der Waals surface area contributed by atoms with E-state index in [4.69, 9.17) is 0 Å². The summed E-state index contributed by atoms with van der Waals surface area (Å²) >= 11 is 3.32. The Morgan fingerprint density at radius 2 is 2.13 bits per heavy atom. The van der Waals surface area contributed by atoms with Gasteiger partial charge < -0.3 is 5.32 Å². The van der Waals surface area contributed by atoms with Crippen molar-refractivity contribution < 1.29 is 4.79 Å². The van der Waals surface area contributed by atoms with Crippen LogP contribution in [0, 0.1) is 6.92 Å². The number of benzene rings is 1. The zero-order valence-corrected chi connectivity index (χ0v) is 14.8. The molecule has 0 saturated carbocycles. The van der Waals surface area contributed by atoms with Crippen molar-refractivity contribution in [1.82, 2.24) is 15.3 Å². The molecule has 0 aliphatic heterocycles. The number of thiazole rings is 2. The molecule has 2 heterocycles. The third kappa shape index (κ3) is 4.14. The third-order valence-corrected chi connectivity index (χ3v) is 5.48. The molecule has 120 valence electrons. The highest BCUT2D eigenvalue weighted by Gasteiger charge is 2.12. The van der Waals surface area contributed by atoms with Gasteiger partial charge in [0.25, 0.3) is 0 Å². The van der Waals surface area contributed by atoms with E-state index >= 15 is 0 Å². The minimum atomic E-state index is -0.0325. The minimum absolute atomic E-state index is 0.0325. The number of carbonyl (C=O) groups excluding carboxylic acids is 1. The molecule has 0 aliphatic carbocycles. The smallest absolute Gasteiger partial charge is 0.220 e. The van der Waals surface area contributed by atoms with Crippen LogP contribution in [-0.2, 0) is 11.2 Å². The van der Waals surface area contributed by atoms with Crippen molar-refractivity contribution in [2.45, 2.75) is 39.2 Å². The molecular formula is C17H19N3OS2. The maximum absolute atomic E-state index is 12.0. The molecule has 23 heavy (non-hydrogen) atoms. The fraction of sp³-hybridized carbons (Fsp3) is 0.353. The molecule has 3 rings (SSSR count). The van der Waals surface area contributed by atoms with Gasteiger partial charge in [0.2, 0.25) is 5.91 Å². The molecule has 3 aromatic rings. The summed E-state index contributed by atoms with van der Waals surface area (Å²) in [5.41, 5.74) is 1.98. The first-order valence-electron chi connectivity index (χ1n) is 7.67. The van der Waals surface area contributed by atoms with Crippen molar-refractivity contribution in [3.63, 3.8) is 0 Å². The van der Waals surface area contributed by atoms with Crippen molar-refractivity contribution >= 4 is 38.8 Å². The van der Waals surface area contributed by atoms with Crippen LogP contribution in [0.1, 0.15) is 41.5 Å². The fourth-order valence-corrected chi connectivity index (χ4v) is 4.11. The van der Waals surface area contributed by atoms with Crippen molar-refractivity contribution in [3.05, 3.63) is 45.4 Å². The van der Waals surface area contributed by atoms with E-state index in [2.05, 4.69) is 21.4 Å². The predicted octanol–water partition coefficient (Wildman–Crippen LogP) is 4.26. The van der Waals surface area contributed by atoms with Gasteiger partial charge in [-0.2, -0.15) is 0 Å². The summed E-state index contributed by atoms with van der Waals surface area (Å²) in [7, 11) is 0. The average molecular weight is 345 g/mol. The van der Waals surface area contributed by atoms with Crippen LogP contribution in [-0.4, -0.2) is 15.9 Å². The third-order valence-electron chi connectivity index (χ3n) is 3.59. The topological polar surface area (TPSA) is 54.9 Å². The van der Waals surface area contributed by atoms with Gasteiger partial charge in [0.05, 0.1) is 32.0 Å². The molecule has 1 amide bonds. The zero-order chi connectivity index (χ0) is 16.2. The average Bonchev–Trinajstić information content (AvgIpc) is 3.12. The Labute approximate surface area is 143 Å². The van der Waals surface area contributed by atoms with Crippen molar-refractivity contribution in [2.75, 3.05) is 0 Å². The van der Waals surface area contributed by atoms with Gasteiger partial charge in [-0.05, 0) is 38.8 Å². The molecule has 0 spiro atoms. The maximum atomic E-state index is 12.0. The number of rotatable bonds is 6. The first-order valence-corrected chi connectivity index (χ1v) is 9.37. The second-order valence-electron chi connectivity index (χ2n) is 5.51. The molecule has 1 N–H and O–H groups in total. The van der Waals surface area contributed by atoms with Crippen LogP contribution >= 0.6 is 22.7 Å². The van der Waals surface area contributed by atoms with E-state index in [1.165, 1.54) is 4.70 Å². The van der Waals surface area contributed by atoms with Gasteiger partial charge in [0.1, 0.15) is 0 Å². The molecule has 0 aliphatic rings. The lowest BCUT2D eigenvalue weighted by Gasteiger charge is -2.11. The summed E-state index contributed by atoms with van der Waals surface area (Å²) in [4.78, 5) is 21.1. The largest absolute Gasteiger partial charge is 0.348 e. The molecule has 6 heteroatoms. The normalized spacial score (nSPS) is 12.4. The quantitative estimate of drug-likeness (QED) is 0.726. The number of carbonyl (C=O) groups is 1. The molecule has 1 atom stereocenters. The first-order chi connectivity index (χ1) is 11.1. The number of fused-ring (bicyclic) bond motifs is 1. The molecule has 0 saturated heterocycles. The molecule has 0 radical (unpaired) electrons. The van der Waals surface area contributed by atoms with Crippen LogP contribution in [0.3, 0.4) is 0 Å².